The number of thioether (sulfide) groups is 1. The summed E-state index contributed by atoms with van der Waals surface area (Å²) >= 11 is 7.67. The Morgan fingerprint density at radius 2 is 2.00 bits per heavy atom. The van der Waals surface area contributed by atoms with Gasteiger partial charge in [0, 0.05) is 68.4 Å². The third kappa shape index (κ3) is 5.25. The van der Waals surface area contributed by atoms with Crippen LogP contribution < -0.4 is 10.6 Å². The maximum absolute atomic E-state index is 5.57. The summed E-state index contributed by atoms with van der Waals surface area (Å²) in [6.07, 6.45) is 6.41. The van der Waals surface area contributed by atoms with E-state index in [-0.39, 0.29) is 0 Å². The van der Waals surface area contributed by atoms with Crippen LogP contribution in [0.2, 0.25) is 0 Å². The molecule has 1 aromatic heterocycles. The first-order chi connectivity index (χ1) is 15.2. The van der Waals surface area contributed by atoms with Crippen LogP contribution in [0.5, 0.6) is 0 Å². The second kappa shape index (κ2) is 9.90. The third-order valence-electron chi connectivity index (χ3n) is 7.00. The summed E-state index contributed by atoms with van der Waals surface area (Å²) in [7, 11) is 0. The highest BCUT2D eigenvalue weighted by atomic mass is 32.2. The van der Waals surface area contributed by atoms with E-state index in [0.29, 0.717) is 11.2 Å². The van der Waals surface area contributed by atoms with Gasteiger partial charge in [0.2, 0.25) is 0 Å². The zero-order valence-corrected chi connectivity index (χ0v) is 19.6. The number of nitrogens with one attached hydrogen (secondary N) is 2. The molecule has 4 atom stereocenters. The molecule has 4 aliphatic rings. The number of fused-ring (bicyclic) bond motifs is 3. The molecule has 2 N–H and O–H groups in total. The third-order valence-corrected chi connectivity index (χ3v) is 8.19. The minimum absolute atomic E-state index is 0.605. The van der Waals surface area contributed by atoms with Crippen molar-refractivity contribution in [2.75, 3.05) is 56.1 Å². The van der Waals surface area contributed by atoms with Crippen LogP contribution in [0.25, 0.3) is 5.69 Å². The van der Waals surface area contributed by atoms with Crippen molar-refractivity contribution >= 4 is 34.8 Å². The second-order valence-electron chi connectivity index (χ2n) is 8.94. The number of rotatable bonds is 6. The summed E-state index contributed by atoms with van der Waals surface area (Å²) in [5.41, 5.74) is 2.04. The maximum Gasteiger partial charge on any atom is 0.170 e. The second-order valence-corrected chi connectivity index (χ2v) is 10.6. The summed E-state index contributed by atoms with van der Waals surface area (Å²) in [5.74, 6) is 4.35. The Kier molecular flexibility index (Phi) is 6.78. The van der Waals surface area contributed by atoms with E-state index >= 15 is 0 Å². The molecule has 0 amide bonds. The molecule has 6 nitrogen and oxygen atoms in total. The van der Waals surface area contributed by atoms with Crippen molar-refractivity contribution < 1.29 is 0 Å². The summed E-state index contributed by atoms with van der Waals surface area (Å²) in [5, 5.41) is 11.8. The van der Waals surface area contributed by atoms with Gasteiger partial charge < -0.3 is 15.5 Å². The lowest BCUT2D eigenvalue weighted by molar-refractivity contribution is -0.00936. The smallest absolute Gasteiger partial charge is 0.170 e. The van der Waals surface area contributed by atoms with E-state index < -0.39 is 0 Å². The number of anilines is 1. The number of nitrogens with zero attached hydrogens (tertiary/aromatic N) is 4. The Hall–Kier alpha value is -1.61. The average Bonchev–Trinajstić information content (AvgIpc) is 3.35. The number of hydrogen-bond donors (Lipinski definition) is 2. The highest BCUT2D eigenvalue weighted by Crippen LogP contribution is 2.36. The molecule has 4 fully saturated rings. The van der Waals surface area contributed by atoms with E-state index in [0.717, 1.165) is 29.8 Å². The molecule has 4 saturated heterocycles. The molecule has 1 aromatic carbocycles. The van der Waals surface area contributed by atoms with Gasteiger partial charge in [-0.15, -0.1) is 0 Å². The van der Waals surface area contributed by atoms with Crippen LogP contribution >= 0.6 is 24.0 Å². The fourth-order valence-corrected chi connectivity index (χ4v) is 6.47. The molecule has 2 bridgehead atoms. The van der Waals surface area contributed by atoms with Gasteiger partial charge in [0.25, 0.3) is 0 Å². The zero-order valence-electron chi connectivity index (χ0n) is 17.9. The number of piperidine rings is 3. The van der Waals surface area contributed by atoms with Gasteiger partial charge in [-0.1, -0.05) is 0 Å². The summed E-state index contributed by atoms with van der Waals surface area (Å²) < 4.78 is 1.85. The largest absolute Gasteiger partial charge is 0.361 e. The molecule has 31 heavy (non-hydrogen) atoms. The first-order valence-electron chi connectivity index (χ1n) is 11.4. The molecule has 0 radical (unpaired) electrons. The highest BCUT2D eigenvalue weighted by molar-refractivity contribution is 7.99. The fraction of sp³-hybridized carbons (Fsp3) is 0.565. The predicted octanol–water partition coefficient (Wildman–Crippen LogP) is 2.92. The lowest BCUT2D eigenvalue weighted by Crippen LogP contribution is -2.59. The van der Waals surface area contributed by atoms with Gasteiger partial charge >= 0.3 is 0 Å². The number of thiocarbonyl (C=S) groups is 1. The topological polar surface area (TPSA) is 48.4 Å². The van der Waals surface area contributed by atoms with E-state index in [9.17, 15) is 0 Å². The first kappa shape index (κ1) is 21.2. The van der Waals surface area contributed by atoms with Crippen LogP contribution in [-0.2, 0) is 0 Å². The monoisotopic (exact) mass is 456 g/mol. The molecule has 8 heteroatoms. The first-order valence-corrected chi connectivity index (χ1v) is 13.0. The molecular formula is C23H32N6S2. The van der Waals surface area contributed by atoms with Crippen LogP contribution in [0.3, 0.4) is 0 Å². The Bertz CT molecular complexity index is 849. The molecule has 4 unspecified atom stereocenters. The Morgan fingerprint density at radius 3 is 2.71 bits per heavy atom. The summed E-state index contributed by atoms with van der Waals surface area (Å²) in [6.45, 7) is 7.30. The minimum atomic E-state index is 0.605. The molecule has 0 spiro atoms. The molecule has 5 heterocycles. The number of benzene rings is 1. The van der Waals surface area contributed by atoms with Crippen molar-refractivity contribution in [1.29, 1.82) is 0 Å². The molecule has 0 saturated carbocycles. The molecular weight excluding hydrogens is 424 g/mol. The van der Waals surface area contributed by atoms with Gasteiger partial charge in [-0.05, 0) is 73.8 Å². The fourth-order valence-electron chi connectivity index (χ4n) is 5.29. The predicted molar refractivity (Wildman–Crippen MR) is 133 cm³/mol. The standard InChI is InChI=1S/C23H32N6S2/c30-23(26-20-2-4-21(5-3-20)29-8-1-7-25-29)24-15-22-14-18-6-9-28(22)17-19(18)16-27-10-12-31-13-11-27/h1-5,7-8,18-19,22H,6,9-17H2,(H2,24,26,30). The van der Waals surface area contributed by atoms with Crippen LogP contribution in [-0.4, -0.2) is 81.5 Å². The van der Waals surface area contributed by atoms with Gasteiger partial charge in [0.05, 0.1) is 5.69 Å². The van der Waals surface area contributed by atoms with Gasteiger partial charge in [0.15, 0.2) is 5.11 Å². The summed E-state index contributed by atoms with van der Waals surface area (Å²) in [6, 6.07) is 10.7. The number of hydrogen-bond acceptors (Lipinski definition) is 5. The van der Waals surface area contributed by atoms with Crippen LogP contribution in [0.1, 0.15) is 12.8 Å². The van der Waals surface area contributed by atoms with Crippen molar-refractivity contribution in [3.63, 3.8) is 0 Å². The van der Waals surface area contributed by atoms with Crippen molar-refractivity contribution in [3.8, 4) is 5.69 Å². The Morgan fingerprint density at radius 1 is 1.16 bits per heavy atom. The van der Waals surface area contributed by atoms with Crippen molar-refractivity contribution in [1.82, 2.24) is 24.9 Å². The molecule has 6 rings (SSSR count). The molecule has 0 aliphatic carbocycles. The van der Waals surface area contributed by atoms with E-state index in [1.165, 1.54) is 57.1 Å². The molecule has 4 aliphatic heterocycles. The van der Waals surface area contributed by atoms with Crippen molar-refractivity contribution in [2.24, 2.45) is 11.8 Å². The van der Waals surface area contributed by atoms with Gasteiger partial charge in [-0.3, -0.25) is 4.90 Å². The normalized spacial score (nSPS) is 28.4. The van der Waals surface area contributed by atoms with Crippen molar-refractivity contribution in [2.45, 2.75) is 18.9 Å². The van der Waals surface area contributed by atoms with E-state index in [1.54, 1.807) is 6.20 Å². The van der Waals surface area contributed by atoms with E-state index in [1.807, 2.05) is 41.2 Å². The Balaban J connectivity index is 1.08. The van der Waals surface area contributed by atoms with Crippen LogP contribution in [0.4, 0.5) is 5.69 Å². The minimum Gasteiger partial charge on any atom is -0.361 e. The van der Waals surface area contributed by atoms with Crippen LogP contribution in [0.15, 0.2) is 42.7 Å². The SMILES string of the molecule is S=C(NCC1CC2CCN1CC2CN1CCSCC1)Nc1ccc(-n2cccn2)cc1. The zero-order chi connectivity index (χ0) is 21.0. The van der Waals surface area contributed by atoms with Crippen molar-refractivity contribution in [3.05, 3.63) is 42.7 Å². The quantitative estimate of drug-likeness (QED) is 0.648. The lowest BCUT2D eigenvalue weighted by atomic mass is 9.75. The maximum atomic E-state index is 5.57. The van der Waals surface area contributed by atoms with Gasteiger partial charge in [0.1, 0.15) is 0 Å². The highest BCUT2D eigenvalue weighted by Gasteiger charge is 2.40. The molecule has 2 aromatic rings. The van der Waals surface area contributed by atoms with Gasteiger partial charge in [-0.2, -0.15) is 16.9 Å². The molecule has 166 valence electrons. The lowest BCUT2D eigenvalue weighted by Gasteiger charge is -2.51. The van der Waals surface area contributed by atoms with Gasteiger partial charge in [-0.25, -0.2) is 4.68 Å². The summed E-state index contributed by atoms with van der Waals surface area (Å²) in [4.78, 5) is 5.41. The Labute approximate surface area is 194 Å². The van der Waals surface area contributed by atoms with E-state index in [2.05, 4.69) is 37.3 Å². The van der Waals surface area contributed by atoms with Crippen LogP contribution in [0, 0.1) is 11.8 Å². The van der Waals surface area contributed by atoms with E-state index in [4.69, 9.17) is 12.2 Å². The number of aromatic nitrogens is 2. The average molecular weight is 457 g/mol.